The van der Waals surface area contributed by atoms with Crippen LogP contribution in [0.2, 0.25) is 0 Å². The van der Waals surface area contributed by atoms with E-state index < -0.39 is 5.92 Å². The van der Waals surface area contributed by atoms with Crippen molar-refractivity contribution in [3.63, 3.8) is 0 Å². The monoisotopic (exact) mass is 176 g/mol. The molecule has 0 nitrogen and oxygen atoms in total. The highest BCUT2D eigenvalue weighted by molar-refractivity contribution is 4.85. The SMILES string of the molecule is C#CCCC(F)(F)CCC.CC. The molecule has 0 aromatic carbocycles. The number of rotatable bonds is 4. The zero-order valence-corrected chi connectivity index (χ0v) is 8.16. The van der Waals surface area contributed by atoms with Gasteiger partial charge in [0.15, 0.2) is 0 Å². The average Bonchev–Trinajstić information content (AvgIpc) is 2.05. The molecular weight excluding hydrogens is 158 g/mol. The maximum absolute atomic E-state index is 12.5. The van der Waals surface area contributed by atoms with E-state index >= 15 is 0 Å². The highest BCUT2D eigenvalue weighted by Crippen LogP contribution is 2.25. The van der Waals surface area contributed by atoms with Gasteiger partial charge in [0.2, 0.25) is 5.92 Å². The van der Waals surface area contributed by atoms with Gasteiger partial charge in [0.05, 0.1) is 0 Å². The van der Waals surface area contributed by atoms with Crippen LogP contribution >= 0.6 is 0 Å². The van der Waals surface area contributed by atoms with Crippen molar-refractivity contribution in [1.29, 1.82) is 0 Å². The van der Waals surface area contributed by atoms with Gasteiger partial charge in [-0.05, 0) is 0 Å². The summed E-state index contributed by atoms with van der Waals surface area (Å²) in [6.45, 7) is 5.74. The van der Waals surface area contributed by atoms with Crippen molar-refractivity contribution in [3.8, 4) is 12.3 Å². The lowest BCUT2D eigenvalue weighted by Gasteiger charge is -2.12. The third kappa shape index (κ3) is 9.42. The second-order valence-electron chi connectivity index (χ2n) is 2.31. The molecule has 0 bridgehead atoms. The Morgan fingerprint density at radius 2 is 1.75 bits per heavy atom. The highest BCUT2D eigenvalue weighted by atomic mass is 19.3. The summed E-state index contributed by atoms with van der Waals surface area (Å²) in [5.41, 5.74) is 0. The molecule has 0 aromatic heterocycles. The fourth-order valence-electron chi connectivity index (χ4n) is 0.746. The van der Waals surface area contributed by atoms with E-state index in [-0.39, 0.29) is 19.3 Å². The predicted molar refractivity (Wildman–Crippen MR) is 49.3 cm³/mol. The molecule has 0 atom stereocenters. The van der Waals surface area contributed by atoms with Crippen molar-refractivity contribution >= 4 is 0 Å². The Morgan fingerprint density at radius 3 is 2.08 bits per heavy atom. The van der Waals surface area contributed by atoms with Gasteiger partial charge < -0.3 is 0 Å². The van der Waals surface area contributed by atoms with Crippen LogP contribution < -0.4 is 0 Å². The molecule has 0 unspecified atom stereocenters. The molecule has 0 aromatic rings. The molecule has 0 rings (SSSR count). The Balaban J connectivity index is 0. The molecule has 0 fully saturated rings. The zero-order chi connectivity index (χ0) is 10.0. The summed E-state index contributed by atoms with van der Waals surface area (Å²) in [5.74, 6) is -0.338. The maximum Gasteiger partial charge on any atom is 0.249 e. The minimum atomic E-state index is -2.54. The van der Waals surface area contributed by atoms with Crippen LogP contribution in [0, 0.1) is 12.3 Å². The third-order valence-corrected chi connectivity index (χ3v) is 1.25. The quantitative estimate of drug-likeness (QED) is 0.570. The summed E-state index contributed by atoms with van der Waals surface area (Å²) >= 11 is 0. The standard InChI is InChI=1S/C8H12F2.C2H6/c1-3-5-7-8(9,10)6-4-2;1-2/h1H,4-7H2,2H3;1-2H3. The van der Waals surface area contributed by atoms with E-state index in [4.69, 9.17) is 6.42 Å². The molecule has 12 heavy (non-hydrogen) atoms. The molecule has 0 saturated carbocycles. The predicted octanol–water partition coefficient (Wildman–Crippen LogP) is 3.86. The van der Waals surface area contributed by atoms with Crippen molar-refractivity contribution in [1.82, 2.24) is 0 Å². The van der Waals surface area contributed by atoms with Crippen LogP contribution in [0.5, 0.6) is 0 Å². The van der Waals surface area contributed by atoms with Gasteiger partial charge in [0.1, 0.15) is 0 Å². The molecule has 0 heterocycles. The topological polar surface area (TPSA) is 0 Å². The summed E-state index contributed by atoms with van der Waals surface area (Å²) in [4.78, 5) is 0. The fourth-order valence-corrected chi connectivity index (χ4v) is 0.746. The van der Waals surface area contributed by atoms with E-state index in [2.05, 4.69) is 5.92 Å². The molecule has 0 N–H and O–H groups in total. The molecular formula is C10H18F2. The summed E-state index contributed by atoms with van der Waals surface area (Å²) in [5, 5.41) is 0. The smallest absolute Gasteiger partial charge is 0.207 e. The lowest BCUT2D eigenvalue weighted by Crippen LogP contribution is -2.14. The number of hydrogen-bond donors (Lipinski definition) is 0. The largest absolute Gasteiger partial charge is 0.249 e. The average molecular weight is 176 g/mol. The Bertz CT molecular complexity index is 122. The second-order valence-corrected chi connectivity index (χ2v) is 2.31. The summed E-state index contributed by atoms with van der Waals surface area (Å²) in [6, 6.07) is 0. The fraction of sp³-hybridized carbons (Fsp3) is 0.800. The molecule has 0 aliphatic rings. The van der Waals surface area contributed by atoms with Crippen LogP contribution in [-0.2, 0) is 0 Å². The first-order valence-corrected chi connectivity index (χ1v) is 4.43. The molecule has 0 saturated heterocycles. The summed E-state index contributed by atoms with van der Waals surface area (Å²) in [7, 11) is 0. The Morgan fingerprint density at radius 1 is 1.25 bits per heavy atom. The van der Waals surface area contributed by atoms with Crippen LogP contribution in [0.15, 0.2) is 0 Å². The van der Waals surface area contributed by atoms with Gasteiger partial charge in [0, 0.05) is 19.3 Å². The van der Waals surface area contributed by atoms with Crippen molar-refractivity contribution < 1.29 is 8.78 Å². The van der Waals surface area contributed by atoms with E-state index in [0.717, 1.165) is 0 Å². The summed E-state index contributed by atoms with van der Waals surface area (Å²) in [6.07, 6.45) is 5.32. The minimum absolute atomic E-state index is 0.0469. The normalized spacial score (nSPS) is 9.67. The van der Waals surface area contributed by atoms with Crippen LogP contribution in [0.3, 0.4) is 0 Å². The van der Waals surface area contributed by atoms with E-state index in [1.54, 1.807) is 6.92 Å². The van der Waals surface area contributed by atoms with Crippen molar-refractivity contribution in [2.45, 2.75) is 52.4 Å². The van der Waals surface area contributed by atoms with Gasteiger partial charge in [-0.3, -0.25) is 0 Å². The van der Waals surface area contributed by atoms with Gasteiger partial charge in [0.25, 0.3) is 0 Å². The number of alkyl halides is 2. The third-order valence-electron chi connectivity index (χ3n) is 1.25. The number of terminal acetylenes is 1. The van der Waals surface area contributed by atoms with Crippen molar-refractivity contribution in [2.75, 3.05) is 0 Å². The molecule has 0 amide bonds. The van der Waals surface area contributed by atoms with Crippen LogP contribution in [0.25, 0.3) is 0 Å². The first kappa shape index (κ1) is 14.0. The molecule has 0 aliphatic heterocycles. The Labute approximate surface area is 74.4 Å². The van der Waals surface area contributed by atoms with Gasteiger partial charge >= 0.3 is 0 Å². The maximum atomic E-state index is 12.5. The molecule has 2 heteroatoms. The van der Waals surface area contributed by atoms with Gasteiger partial charge in [-0.25, -0.2) is 8.78 Å². The van der Waals surface area contributed by atoms with E-state index in [0.29, 0.717) is 6.42 Å². The van der Waals surface area contributed by atoms with E-state index in [9.17, 15) is 8.78 Å². The van der Waals surface area contributed by atoms with E-state index in [1.165, 1.54) is 0 Å². The second kappa shape index (κ2) is 8.52. The van der Waals surface area contributed by atoms with Crippen molar-refractivity contribution in [2.24, 2.45) is 0 Å². The first-order valence-electron chi connectivity index (χ1n) is 4.43. The summed E-state index contributed by atoms with van der Waals surface area (Å²) < 4.78 is 25.0. The van der Waals surface area contributed by atoms with Gasteiger partial charge in [-0.15, -0.1) is 12.3 Å². The minimum Gasteiger partial charge on any atom is -0.207 e. The Hall–Kier alpha value is -0.580. The van der Waals surface area contributed by atoms with E-state index in [1.807, 2.05) is 13.8 Å². The number of hydrogen-bond acceptors (Lipinski definition) is 0. The number of halogens is 2. The highest BCUT2D eigenvalue weighted by Gasteiger charge is 2.25. The van der Waals surface area contributed by atoms with Crippen LogP contribution in [-0.4, -0.2) is 5.92 Å². The van der Waals surface area contributed by atoms with Gasteiger partial charge in [-0.1, -0.05) is 27.2 Å². The Kier molecular flexibility index (Phi) is 9.92. The van der Waals surface area contributed by atoms with Gasteiger partial charge in [-0.2, -0.15) is 0 Å². The lowest BCUT2D eigenvalue weighted by atomic mass is 10.1. The molecule has 0 aliphatic carbocycles. The molecule has 0 radical (unpaired) electrons. The lowest BCUT2D eigenvalue weighted by molar-refractivity contribution is -0.0152. The zero-order valence-electron chi connectivity index (χ0n) is 8.16. The molecule has 72 valence electrons. The van der Waals surface area contributed by atoms with Crippen LogP contribution in [0.4, 0.5) is 8.78 Å². The first-order chi connectivity index (χ1) is 5.62. The van der Waals surface area contributed by atoms with Crippen LogP contribution in [0.1, 0.15) is 46.5 Å². The molecule has 0 spiro atoms. The van der Waals surface area contributed by atoms with Crippen molar-refractivity contribution in [3.05, 3.63) is 0 Å².